The van der Waals surface area contributed by atoms with Crippen LogP contribution in [0.25, 0.3) is 11.1 Å². The monoisotopic (exact) mass is 235 g/mol. The number of aromatic nitrogens is 2. The van der Waals surface area contributed by atoms with E-state index in [0.29, 0.717) is 22.1 Å². The first-order valence-electron chi connectivity index (χ1n) is 4.50. The lowest BCUT2D eigenvalue weighted by Crippen LogP contribution is -2.01. The van der Waals surface area contributed by atoms with E-state index in [1.54, 1.807) is 24.4 Å². The molecule has 6 N–H and O–H groups in total. The highest BCUT2D eigenvalue weighted by Gasteiger charge is 2.06. The van der Waals surface area contributed by atoms with Gasteiger partial charge in [0.05, 0.1) is 0 Å². The molecule has 82 valence electrons. The maximum atomic E-state index is 5.90. The summed E-state index contributed by atoms with van der Waals surface area (Å²) in [6, 6.07) is 5.14. The van der Waals surface area contributed by atoms with Crippen molar-refractivity contribution in [2.24, 2.45) is 0 Å². The summed E-state index contributed by atoms with van der Waals surface area (Å²) in [7, 11) is 0. The zero-order valence-corrected chi connectivity index (χ0v) is 9.07. The highest BCUT2D eigenvalue weighted by molar-refractivity contribution is 6.31. The fourth-order valence-electron chi connectivity index (χ4n) is 1.40. The Morgan fingerprint density at radius 2 is 1.81 bits per heavy atom. The minimum absolute atomic E-state index is 0.135. The molecule has 0 unspecified atom stereocenters. The van der Waals surface area contributed by atoms with Gasteiger partial charge in [0.15, 0.2) is 0 Å². The van der Waals surface area contributed by atoms with Gasteiger partial charge in [0.1, 0.15) is 5.82 Å². The molecule has 2 aromatic rings. The molecule has 0 atom stereocenters. The van der Waals surface area contributed by atoms with E-state index in [2.05, 4.69) is 9.97 Å². The molecule has 1 aromatic carbocycles. The lowest BCUT2D eigenvalue weighted by Gasteiger charge is -2.06. The van der Waals surface area contributed by atoms with Crippen molar-refractivity contribution in [3.05, 3.63) is 29.4 Å². The Morgan fingerprint density at radius 3 is 2.44 bits per heavy atom. The Balaban J connectivity index is 2.58. The van der Waals surface area contributed by atoms with Gasteiger partial charge in [-0.2, -0.15) is 4.98 Å². The van der Waals surface area contributed by atoms with Crippen LogP contribution in [0.4, 0.5) is 17.5 Å². The molecular weight excluding hydrogens is 226 g/mol. The second kappa shape index (κ2) is 3.86. The molecule has 0 radical (unpaired) electrons. The summed E-state index contributed by atoms with van der Waals surface area (Å²) < 4.78 is 0. The zero-order valence-electron chi connectivity index (χ0n) is 8.31. The van der Waals surface area contributed by atoms with Crippen LogP contribution in [0.3, 0.4) is 0 Å². The van der Waals surface area contributed by atoms with E-state index in [1.807, 2.05) is 0 Å². The first-order valence-corrected chi connectivity index (χ1v) is 4.88. The van der Waals surface area contributed by atoms with E-state index in [-0.39, 0.29) is 5.95 Å². The molecule has 0 fully saturated rings. The molecule has 0 aliphatic heterocycles. The lowest BCUT2D eigenvalue weighted by molar-refractivity contribution is 1.20. The fraction of sp³-hybridized carbons (Fsp3) is 0. The molecule has 0 spiro atoms. The number of hydrogen-bond acceptors (Lipinski definition) is 5. The van der Waals surface area contributed by atoms with Crippen molar-refractivity contribution in [3.63, 3.8) is 0 Å². The molecule has 2 rings (SSSR count). The van der Waals surface area contributed by atoms with Crippen molar-refractivity contribution in [2.45, 2.75) is 0 Å². The van der Waals surface area contributed by atoms with E-state index < -0.39 is 0 Å². The average molecular weight is 236 g/mol. The Kier molecular flexibility index (Phi) is 2.54. The molecule has 0 saturated heterocycles. The predicted octanol–water partition coefficient (Wildman–Crippen LogP) is 1.54. The molecule has 0 saturated carbocycles. The summed E-state index contributed by atoms with van der Waals surface area (Å²) in [6.07, 6.45) is 1.54. The number of anilines is 3. The van der Waals surface area contributed by atoms with E-state index in [0.717, 1.165) is 5.56 Å². The second-order valence-corrected chi connectivity index (χ2v) is 3.74. The number of halogens is 1. The molecule has 1 heterocycles. The van der Waals surface area contributed by atoms with Gasteiger partial charge in [-0.25, -0.2) is 4.98 Å². The molecule has 0 amide bonds. The maximum absolute atomic E-state index is 5.90. The first kappa shape index (κ1) is 10.5. The summed E-state index contributed by atoms with van der Waals surface area (Å²) in [6.45, 7) is 0. The molecule has 0 bridgehead atoms. The van der Waals surface area contributed by atoms with Crippen molar-refractivity contribution in [3.8, 4) is 11.1 Å². The molecule has 16 heavy (non-hydrogen) atoms. The van der Waals surface area contributed by atoms with Gasteiger partial charge in [0.25, 0.3) is 0 Å². The average Bonchev–Trinajstić information content (AvgIpc) is 2.15. The number of nitrogens with two attached hydrogens (primary N) is 3. The van der Waals surface area contributed by atoms with Crippen molar-refractivity contribution in [2.75, 3.05) is 17.2 Å². The van der Waals surface area contributed by atoms with Crippen LogP contribution in [0.5, 0.6) is 0 Å². The van der Waals surface area contributed by atoms with Gasteiger partial charge in [0, 0.05) is 22.5 Å². The normalized spacial score (nSPS) is 10.3. The van der Waals surface area contributed by atoms with E-state index >= 15 is 0 Å². The Bertz CT molecular complexity index is 520. The maximum Gasteiger partial charge on any atom is 0.221 e. The van der Waals surface area contributed by atoms with Gasteiger partial charge in [-0.05, 0) is 23.8 Å². The fourth-order valence-corrected chi connectivity index (χ4v) is 1.64. The van der Waals surface area contributed by atoms with E-state index in [9.17, 15) is 0 Å². The number of benzene rings is 1. The SMILES string of the molecule is Nc1cc(Cl)cc(-c2cnc(N)nc2N)c1. The largest absolute Gasteiger partial charge is 0.399 e. The van der Waals surface area contributed by atoms with Crippen molar-refractivity contribution < 1.29 is 0 Å². The number of nitrogen functional groups attached to an aromatic ring is 3. The minimum atomic E-state index is 0.135. The van der Waals surface area contributed by atoms with Crippen LogP contribution >= 0.6 is 11.6 Å². The Hall–Kier alpha value is -2.01. The minimum Gasteiger partial charge on any atom is -0.399 e. The highest BCUT2D eigenvalue weighted by Crippen LogP contribution is 2.28. The summed E-state index contributed by atoms with van der Waals surface area (Å²) >= 11 is 5.90. The third kappa shape index (κ3) is 1.99. The summed E-state index contributed by atoms with van der Waals surface area (Å²) in [5.74, 6) is 0.436. The van der Waals surface area contributed by atoms with Gasteiger partial charge in [-0.15, -0.1) is 0 Å². The van der Waals surface area contributed by atoms with Crippen LogP contribution < -0.4 is 17.2 Å². The van der Waals surface area contributed by atoms with Crippen LogP contribution in [0.15, 0.2) is 24.4 Å². The van der Waals surface area contributed by atoms with Gasteiger partial charge in [-0.1, -0.05) is 11.6 Å². The summed E-state index contributed by atoms with van der Waals surface area (Å²) in [4.78, 5) is 7.75. The predicted molar refractivity (Wildman–Crippen MR) is 65.7 cm³/mol. The lowest BCUT2D eigenvalue weighted by atomic mass is 10.1. The molecule has 6 heteroatoms. The Labute approximate surface area is 97.3 Å². The third-order valence-corrected chi connectivity index (χ3v) is 2.29. The number of hydrogen-bond donors (Lipinski definition) is 3. The first-order chi connectivity index (χ1) is 7.56. The summed E-state index contributed by atoms with van der Waals surface area (Å²) in [5.41, 5.74) is 18.8. The second-order valence-electron chi connectivity index (χ2n) is 3.30. The van der Waals surface area contributed by atoms with Gasteiger partial charge < -0.3 is 17.2 Å². The molecular formula is C10H10ClN5. The third-order valence-electron chi connectivity index (χ3n) is 2.07. The van der Waals surface area contributed by atoms with Gasteiger partial charge in [-0.3, -0.25) is 0 Å². The van der Waals surface area contributed by atoms with Crippen molar-refractivity contribution in [1.82, 2.24) is 9.97 Å². The topological polar surface area (TPSA) is 104 Å². The molecule has 1 aromatic heterocycles. The van der Waals surface area contributed by atoms with Crippen molar-refractivity contribution >= 4 is 29.1 Å². The Morgan fingerprint density at radius 1 is 1.06 bits per heavy atom. The molecule has 0 aliphatic rings. The number of rotatable bonds is 1. The van der Waals surface area contributed by atoms with Crippen molar-refractivity contribution in [1.29, 1.82) is 0 Å². The van der Waals surface area contributed by atoms with Gasteiger partial charge in [0.2, 0.25) is 5.95 Å². The van der Waals surface area contributed by atoms with E-state index in [4.69, 9.17) is 28.8 Å². The van der Waals surface area contributed by atoms with Crippen LogP contribution in [-0.4, -0.2) is 9.97 Å². The van der Waals surface area contributed by atoms with E-state index in [1.165, 1.54) is 0 Å². The van der Waals surface area contributed by atoms with Crippen LogP contribution in [-0.2, 0) is 0 Å². The van der Waals surface area contributed by atoms with Gasteiger partial charge >= 0.3 is 0 Å². The number of nitrogens with zero attached hydrogens (tertiary/aromatic N) is 2. The van der Waals surface area contributed by atoms with Crippen LogP contribution in [0.1, 0.15) is 0 Å². The smallest absolute Gasteiger partial charge is 0.221 e. The van der Waals surface area contributed by atoms with Crippen LogP contribution in [0, 0.1) is 0 Å². The zero-order chi connectivity index (χ0) is 11.7. The highest BCUT2D eigenvalue weighted by atomic mass is 35.5. The molecule has 5 nitrogen and oxygen atoms in total. The summed E-state index contributed by atoms with van der Waals surface area (Å²) in [5, 5.41) is 0.534. The quantitative estimate of drug-likeness (QED) is 0.651. The molecule has 0 aliphatic carbocycles. The standard InChI is InChI=1S/C10H10ClN5/c11-6-1-5(2-7(12)3-6)8-4-15-10(14)16-9(8)13/h1-4H,12H2,(H4,13,14,15,16). The van der Waals surface area contributed by atoms with Crippen LogP contribution in [0.2, 0.25) is 5.02 Å².